The topological polar surface area (TPSA) is 111 Å². The summed E-state index contributed by atoms with van der Waals surface area (Å²) >= 11 is 0. The summed E-state index contributed by atoms with van der Waals surface area (Å²) in [5.74, 6) is -1.20. The van der Waals surface area contributed by atoms with Crippen LogP contribution in [0.3, 0.4) is 0 Å². The highest BCUT2D eigenvalue weighted by Crippen LogP contribution is 2.25. The predicted octanol–water partition coefficient (Wildman–Crippen LogP) is 1.12. The molecule has 0 aromatic heterocycles. The highest BCUT2D eigenvalue weighted by atomic mass is 16.6. The van der Waals surface area contributed by atoms with Gasteiger partial charge < -0.3 is 19.9 Å². The van der Waals surface area contributed by atoms with E-state index in [9.17, 15) is 14.9 Å². The van der Waals surface area contributed by atoms with E-state index in [1.807, 2.05) is 0 Å². The molecule has 1 aliphatic rings. The molecule has 1 fully saturated rings. The number of nitro groups is 1. The first-order valence-corrected chi connectivity index (χ1v) is 6.03. The normalized spacial score (nSPS) is 18.5. The van der Waals surface area contributed by atoms with Crippen LogP contribution in [0.15, 0.2) is 18.2 Å². The Morgan fingerprint density at radius 1 is 1.50 bits per heavy atom. The van der Waals surface area contributed by atoms with Crippen molar-refractivity contribution >= 4 is 17.3 Å². The molecule has 0 amide bonds. The molecule has 8 nitrogen and oxygen atoms in total. The number of benzene rings is 1. The Balaban J connectivity index is 2.09. The smallest absolute Gasteiger partial charge is 0.335 e. The maximum Gasteiger partial charge on any atom is 0.335 e. The second-order valence-electron chi connectivity index (χ2n) is 4.24. The Hall–Kier alpha value is -2.19. The van der Waals surface area contributed by atoms with Crippen molar-refractivity contribution < 1.29 is 24.3 Å². The fraction of sp³-hybridized carbons (Fsp3) is 0.417. The molecule has 0 bridgehead atoms. The first-order valence-electron chi connectivity index (χ1n) is 6.03. The van der Waals surface area contributed by atoms with Gasteiger partial charge in [-0.15, -0.1) is 0 Å². The summed E-state index contributed by atoms with van der Waals surface area (Å²) in [5.41, 5.74) is -0.143. The lowest BCUT2D eigenvalue weighted by atomic mass is 10.1. The molecule has 0 unspecified atom stereocenters. The lowest BCUT2D eigenvalue weighted by molar-refractivity contribution is -0.384. The van der Waals surface area contributed by atoms with Crippen LogP contribution >= 0.6 is 0 Å². The third kappa shape index (κ3) is 3.43. The fourth-order valence-electron chi connectivity index (χ4n) is 1.84. The Kier molecular flexibility index (Phi) is 4.49. The molecule has 20 heavy (non-hydrogen) atoms. The van der Waals surface area contributed by atoms with E-state index in [1.54, 1.807) is 0 Å². The van der Waals surface area contributed by atoms with Crippen LogP contribution in [0.1, 0.15) is 10.4 Å². The maximum atomic E-state index is 11.0. The van der Waals surface area contributed by atoms with Gasteiger partial charge in [0.2, 0.25) is 0 Å². The minimum atomic E-state index is -1.20. The molecule has 1 atom stereocenters. The summed E-state index contributed by atoms with van der Waals surface area (Å²) in [7, 11) is 0. The minimum absolute atomic E-state index is 0.125. The quantitative estimate of drug-likeness (QED) is 0.614. The number of aromatic carboxylic acids is 1. The molecule has 1 aromatic carbocycles. The van der Waals surface area contributed by atoms with Gasteiger partial charge in [-0.3, -0.25) is 10.1 Å². The Labute approximate surface area is 114 Å². The van der Waals surface area contributed by atoms with E-state index in [-0.39, 0.29) is 23.0 Å². The highest BCUT2D eigenvalue weighted by Gasteiger charge is 2.19. The van der Waals surface area contributed by atoms with Gasteiger partial charge in [0, 0.05) is 12.6 Å². The lowest BCUT2D eigenvalue weighted by Crippen LogP contribution is -2.34. The molecule has 0 spiro atoms. The zero-order valence-electron chi connectivity index (χ0n) is 10.6. The molecule has 1 saturated heterocycles. The first kappa shape index (κ1) is 14.2. The van der Waals surface area contributed by atoms with Crippen molar-refractivity contribution in [1.82, 2.24) is 0 Å². The van der Waals surface area contributed by atoms with Crippen LogP contribution in [-0.2, 0) is 9.47 Å². The van der Waals surface area contributed by atoms with Crippen LogP contribution in [-0.4, -0.2) is 48.5 Å². The molecule has 108 valence electrons. The van der Waals surface area contributed by atoms with Crippen LogP contribution < -0.4 is 5.32 Å². The van der Waals surface area contributed by atoms with E-state index in [2.05, 4.69) is 5.32 Å². The number of anilines is 1. The van der Waals surface area contributed by atoms with Gasteiger partial charge in [-0.25, -0.2) is 4.79 Å². The van der Waals surface area contributed by atoms with E-state index < -0.39 is 10.9 Å². The Morgan fingerprint density at radius 3 is 2.90 bits per heavy atom. The van der Waals surface area contributed by atoms with E-state index in [4.69, 9.17) is 14.6 Å². The number of ether oxygens (including phenoxy) is 2. The molecule has 2 rings (SSSR count). The maximum absolute atomic E-state index is 11.0. The number of carboxylic acid groups (broad SMARTS) is 1. The zero-order chi connectivity index (χ0) is 14.5. The molecule has 8 heteroatoms. The number of nitrogens with one attached hydrogen (secondary N) is 1. The number of nitro benzene ring substituents is 1. The van der Waals surface area contributed by atoms with Gasteiger partial charge in [0.15, 0.2) is 0 Å². The largest absolute Gasteiger partial charge is 0.478 e. The number of rotatable bonds is 5. The van der Waals surface area contributed by atoms with Gasteiger partial charge in [-0.2, -0.15) is 0 Å². The number of carboxylic acids is 1. The van der Waals surface area contributed by atoms with Crippen molar-refractivity contribution in [1.29, 1.82) is 0 Å². The van der Waals surface area contributed by atoms with Gasteiger partial charge in [-0.1, -0.05) is 0 Å². The number of hydrogen-bond donors (Lipinski definition) is 2. The summed E-state index contributed by atoms with van der Waals surface area (Å²) in [4.78, 5) is 21.2. The number of nitrogens with zero attached hydrogens (tertiary/aromatic N) is 1. The monoisotopic (exact) mass is 282 g/mol. The average molecular weight is 282 g/mol. The second kappa shape index (κ2) is 6.31. The third-order valence-corrected chi connectivity index (χ3v) is 2.85. The van der Waals surface area contributed by atoms with Crippen molar-refractivity contribution in [3.8, 4) is 0 Å². The Morgan fingerprint density at radius 2 is 2.30 bits per heavy atom. The van der Waals surface area contributed by atoms with E-state index in [0.717, 1.165) is 6.07 Å². The Bertz CT molecular complexity index is 513. The van der Waals surface area contributed by atoms with Gasteiger partial charge >= 0.3 is 5.97 Å². The first-order chi connectivity index (χ1) is 9.58. The average Bonchev–Trinajstić information content (AvgIpc) is 2.45. The molecule has 1 heterocycles. The van der Waals surface area contributed by atoms with Crippen LogP contribution in [0.2, 0.25) is 0 Å². The minimum Gasteiger partial charge on any atom is -0.478 e. The summed E-state index contributed by atoms with van der Waals surface area (Å²) in [5, 5.41) is 22.7. The van der Waals surface area contributed by atoms with Crippen LogP contribution in [0.4, 0.5) is 11.4 Å². The van der Waals surface area contributed by atoms with Crippen molar-refractivity contribution in [2.24, 2.45) is 0 Å². The van der Waals surface area contributed by atoms with Gasteiger partial charge in [0.05, 0.1) is 36.4 Å². The van der Waals surface area contributed by atoms with Crippen LogP contribution in [0, 0.1) is 10.1 Å². The molecule has 1 aromatic rings. The van der Waals surface area contributed by atoms with E-state index >= 15 is 0 Å². The standard InChI is InChI=1S/C12H14N2O6/c15-12(16)8-1-2-10(11(5-8)14(17)18)13-6-9-7-19-3-4-20-9/h1-2,5,9,13H,3-4,6-7H2,(H,15,16)/t9-/m1/s1. The third-order valence-electron chi connectivity index (χ3n) is 2.85. The summed E-state index contributed by atoms with van der Waals surface area (Å²) in [6, 6.07) is 3.73. The molecule has 0 saturated carbocycles. The predicted molar refractivity (Wildman–Crippen MR) is 69.1 cm³/mol. The van der Waals surface area contributed by atoms with E-state index in [0.29, 0.717) is 26.4 Å². The van der Waals surface area contributed by atoms with E-state index in [1.165, 1.54) is 12.1 Å². The van der Waals surface area contributed by atoms with Crippen molar-refractivity contribution in [3.05, 3.63) is 33.9 Å². The van der Waals surface area contributed by atoms with Crippen molar-refractivity contribution in [2.45, 2.75) is 6.10 Å². The number of carbonyl (C=O) groups is 1. The molecular weight excluding hydrogens is 268 g/mol. The van der Waals surface area contributed by atoms with Gasteiger partial charge in [-0.05, 0) is 12.1 Å². The lowest BCUT2D eigenvalue weighted by Gasteiger charge is -2.23. The van der Waals surface area contributed by atoms with Crippen molar-refractivity contribution in [3.63, 3.8) is 0 Å². The molecule has 2 N–H and O–H groups in total. The molecule has 0 radical (unpaired) electrons. The van der Waals surface area contributed by atoms with Gasteiger partial charge in [0.25, 0.3) is 5.69 Å². The van der Waals surface area contributed by atoms with Crippen molar-refractivity contribution in [2.75, 3.05) is 31.7 Å². The number of hydrogen-bond acceptors (Lipinski definition) is 6. The highest BCUT2D eigenvalue weighted by molar-refractivity contribution is 5.89. The fourth-order valence-corrected chi connectivity index (χ4v) is 1.84. The SMILES string of the molecule is O=C(O)c1ccc(NC[C@@H]2COCCO2)c([N+](=O)[O-])c1. The summed E-state index contributed by atoms with van der Waals surface area (Å²) in [6.45, 7) is 1.82. The van der Waals surface area contributed by atoms with Crippen LogP contribution in [0.5, 0.6) is 0 Å². The summed E-state index contributed by atoms with van der Waals surface area (Å²) < 4.78 is 10.6. The van der Waals surface area contributed by atoms with Crippen LogP contribution in [0.25, 0.3) is 0 Å². The second-order valence-corrected chi connectivity index (χ2v) is 4.24. The summed E-state index contributed by atoms with van der Waals surface area (Å²) in [6.07, 6.45) is -0.178. The molecular formula is C12H14N2O6. The molecule has 0 aliphatic carbocycles. The molecule has 1 aliphatic heterocycles. The zero-order valence-corrected chi connectivity index (χ0v) is 10.6. The van der Waals surface area contributed by atoms with Gasteiger partial charge in [0.1, 0.15) is 5.69 Å².